The molecule has 96 valence electrons. The van der Waals surface area contributed by atoms with E-state index in [0.29, 0.717) is 5.82 Å². The highest BCUT2D eigenvalue weighted by atomic mass is 16.4. The number of anilines is 1. The van der Waals surface area contributed by atoms with Gasteiger partial charge in [-0.15, -0.1) is 0 Å². The molecule has 0 saturated carbocycles. The number of hydrogen-bond donors (Lipinski definition) is 2. The van der Waals surface area contributed by atoms with Gasteiger partial charge in [-0.2, -0.15) is 0 Å². The van der Waals surface area contributed by atoms with E-state index in [1.165, 1.54) is 18.3 Å². The third kappa shape index (κ3) is 2.74. The lowest BCUT2D eigenvalue weighted by Gasteiger charge is -2.07. The average molecular weight is 257 g/mol. The molecule has 0 saturated heterocycles. The molecule has 19 heavy (non-hydrogen) atoms. The zero-order valence-corrected chi connectivity index (χ0v) is 10.1. The molecule has 2 aromatic heterocycles. The molecule has 0 aliphatic carbocycles. The van der Waals surface area contributed by atoms with Gasteiger partial charge in [-0.3, -0.25) is 9.78 Å². The summed E-state index contributed by atoms with van der Waals surface area (Å²) in [5.74, 6) is -1.41. The van der Waals surface area contributed by atoms with Crippen LogP contribution in [0.25, 0.3) is 0 Å². The molecule has 6 heteroatoms. The Morgan fingerprint density at radius 2 is 1.84 bits per heavy atom. The van der Waals surface area contributed by atoms with Crippen molar-refractivity contribution in [2.24, 2.45) is 0 Å². The van der Waals surface area contributed by atoms with Gasteiger partial charge in [0.25, 0.3) is 5.91 Å². The van der Waals surface area contributed by atoms with E-state index in [1.54, 1.807) is 25.3 Å². The highest BCUT2D eigenvalue weighted by molar-refractivity contribution is 6.09. The summed E-state index contributed by atoms with van der Waals surface area (Å²) in [5, 5.41) is 11.5. The maximum atomic E-state index is 12.0. The van der Waals surface area contributed by atoms with Gasteiger partial charge in [-0.25, -0.2) is 9.78 Å². The van der Waals surface area contributed by atoms with E-state index in [-0.39, 0.29) is 11.3 Å². The molecule has 1 amide bonds. The summed E-state index contributed by atoms with van der Waals surface area (Å²) >= 11 is 0. The van der Waals surface area contributed by atoms with Crippen LogP contribution >= 0.6 is 0 Å². The molecule has 0 bridgehead atoms. The number of carboxylic acid groups (broad SMARTS) is 1. The van der Waals surface area contributed by atoms with Crippen molar-refractivity contribution in [3.8, 4) is 0 Å². The van der Waals surface area contributed by atoms with Crippen LogP contribution in [-0.4, -0.2) is 27.0 Å². The van der Waals surface area contributed by atoms with Gasteiger partial charge < -0.3 is 10.4 Å². The standard InChI is InChI=1S/C13H11N3O3/c1-8-4-2-7-15-11(8)16-12(17)10-9(13(18)19)5-3-6-14-10/h2-7H,1H3,(H,18,19)(H,15,16,17). The fraction of sp³-hybridized carbons (Fsp3) is 0.0769. The van der Waals surface area contributed by atoms with Crippen LogP contribution in [0.2, 0.25) is 0 Å². The van der Waals surface area contributed by atoms with Gasteiger partial charge in [-0.1, -0.05) is 6.07 Å². The largest absolute Gasteiger partial charge is 0.478 e. The Hall–Kier alpha value is -2.76. The van der Waals surface area contributed by atoms with E-state index in [9.17, 15) is 9.59 Å². The van der Waals surface area contributed by atoms with E-state index in [4.69, 9.17) is 5.11 Å². The maximum absolute atomic E-state index is 12.0. The zero-order chi connectivity index (χ0) is 13.8. The molecule has 2 rings (SSSR count). The number of nitrogens with zero attached hydrogens (tertiary/aromatic N) is 2. The van der Waals surface area contributed by atoms with Crippen LogP contribution in [0.3, 0.4) is 0 Å². The molecule has 2 heterocycles. The summed E-state index contributed by atoms with van der Waals surface area (Å²) in [6, 6.07) is 6.33. The topological polar surface area (TPSA) is 92.2 Å². The first-order valence-corrected chi connectivity index (χ1v) is 5.51. The van der Waals surface area contributed by atoms with Crippen LogP contribution in [0.4, 0.5) is 5.82 Å². The van der Waals surface area contributed by atoms with Crippen molar-refractivity contribution in [3.63, 3.8) is 0 Å². The Labute approximate surface area is 109 Å². The van der Waals surface area contributed by atoms with Crippen molar-refractivity contribution in [2.45, 2.75) is 6.92 Å². The number of aromatic carboxylic acids is 1. The van der Waals surface area contributed by atoms with Gasteiger partial charge in [0, 0.05) is 12.4 Å². The summed E-state index contributed by atoms with van der Waals surface area (Å²) < 4.78 is 0. The number of pyridine rings is 2. The smallest absolute Gasteiger partial charge is 0.338 e. The number of rotatable bonds is 3. The summed E-state index contributed by atoms with van der Waals surface area (Å²) in [6.07, 6.45) is 2.91. The van der Waals surface area contributed by atoms with Crippen molar-refractivity contribution < 1.29 is 14.7 Å². The quantitative estimate of drug-likeness (QED) is 0.873. The third-order valence-electron chi connectivity index (χ3n) is 2.49. The van der Waals surface area contributed by atoms with Crippen LogP contribution in [-0.2, 0) is 0 Å². The van der Waals surface area contributed by atoms with Crippen molar-refractivity contribution >= 4 is 17.7 Å². The highest BCUT2D eigenvalue weighted by Gasteiger charge is 2.18. The fourth-order valence-electron chi connectivity index (χ4n) is 1.54. The number of nitrogens with one attached hydrogen (secondary N) is 1. The van der Waals surface area contributed by atoms with Crippen LogP contribution in [0, 0.1) is 6.92 Å². The van der Waals surface area contributed by atoms with Crippen molar-refractivity contribution in [2.75, 3.05) is 5.32 Å². The highest BCUT2D eigenvalue weighted by Crippen LogP contribution is 2.12. The van der Waals surface area contributed by atoms with Gasteiger partial charge in [0.15, 0.2) is 0 Å². The van der Waals surface area contributed by atoms with Gasteiger partial charge >= 0.3 is 5.97 Å². The summed E-state index contributed by atoms with van der Waals surface area (Å²) in [7, 11) is 0. The minimum absolute atomic E-state index is 0.139. The number of aromatic nitrogens is 2. The van der Waals surface area contributed by atoms with Crippen molar-refractivity contribution in [3.05, 3.63) is 53.5 Å². The Kier molecular flexibility index (Phi) is 3.51. The SMILES string of the molecule is Cc1cccnc1NC(=O)c1ncccc1C(=O)O. The Bertz CT molecular complexity index is 641. The molecular weight excluding hydrogens is 246 g/mol. The monoisotopic (exact) mass is 257 g/mol. The zero-order valence-electron chi connectivity index (χ0n) is 10.1. The first kappa shape index (κ1) is 12.7. The molecule has 0 unspecified atom stereocenters. The second-order valence-corrected chi connectivity index (χ2v) is 3.83. The van der Waals surface area contributed by atoms with Crippen molar-refractivity contribution in [1.29, 1.82) is 0 Å². The molecule has 2 aromatic rings. The van der Waals surface area contributed by atoms with Gasteiger partial charge in [0.1, 0.15) is 11.5 Å². The average Bonchev–Trinajstić information content (AvgIpc) is 2.41. The molecule has 0 aliphatic heterocycles. The number of aryl methyl sites for hydroxylation is 1. The number of carbonyl (C=O) groups is 2. The molecule has 6 nitrogen and oxygen atoms in total. The summed E-state index contributed by atoms with van der Waals surface area (Å²) in [4.78, 5) is 30.8. The van der Waals surface area contributed by atoms with Crippen LogP contribution in [0.1, 0.15) is 26.4 Å². The molecule has 0 radical (unpaired) electrons. The van der Waals surface area contributed by atoms with Crippen LogP contribution in [0.15, 0.2) is 36.7 Å². The molecule has 0 aromatic carbocycles. The fourth-order valence-corrected chi connectivity index (χ4v) is 1.54. The lowest BCUT2D eigenvalue weighted by Crippen LogP contribution is -2.19. The number of amides is 1. The van der Waals surface area contributed by atoms with E-state index in [2.05, 4.69) is 15.3 Å². The first-order chi connectivity index (χ1) is 9.09. The molecular formula is C13H11N3O3. The molecule has 0 atom stereocenters. The minimum Gasteiger partial charge on any atom is -0.478 e. The maximum Gasteiger partial charge on any atom is 0.338 e. The molecule has 0 aliphatic rings. The summed E-state index contributed by atoms with van der Waals surface area (Å²) in [5.41, 5.74) is 0.497. The number of carbonyl (C=O) groups excluding carboxylic acids is 1. The number of hydrogen-bond acceptors (Lipinski definition) is 4. The van der Waals surface area contributed by atoms with Crippen molar-refractivity contribution in [1.82, 2.24) is 9.97 Å². The van der Waals surface area contributed by atoms with Crippen LogP contribution in [0.5, 0.6) is 0 Å². The van der Waals surface area contributed by atoms with E-state index in [1.807, 2.05) is 0 Å². The minimum atomic E-state index is -1.20. The molecule has 2 N–H and O–H groups in total. The number of carboxylic acids is 1. The Morgan fingerprint density at radius 1 is 1.16 bits per heavy atom. The lowest BCUT2D eigenvalue weighted by atomic mass is 10.2. The lowest BCUT2D eigenvalue weighted by molar-refractivity contribution is 0.0691. The third-order valence-corrected chi connectivity index (χ3v) is 2.49. The van der Waals surface area contributed by atoms with Gasteiger partial charge in [-0.05, 0) is 30.7 Å². The second kappa shape index (κ2) is 5.26. The molecule has 0 fully saturated rings. The van der Waals surface area contributed by atoms with E-state index < -0.39 is 11.9 Å². The Balaban J connectivity index is 2.31. The van der Waals surface area contributed by atoms with Crippen LogP contribution < -0.4 is 5.32 Å². The Morgan fingerprint density at radius 3 is 2.53 bits per heavy atom. The predicted molar refractivity (Wildman–Crippen MR) is 68.1 cm³/mol. The second-order valence-electron chi connectivity index (χ2n) is 3.83. The van der Waals surface area contributed by atoms with E-state index in [0.717, 1.165) is 5.56 Å². The van der Waals surface area contributed by atoms with Gasteiger partial charge in [0.2, 0.25) is 0 Å². The summed E-state index contributed by atoms with van der Waals surface area (Å²) in [6.45, 7) is 1.79. The molecule has 0 spiro atoms. The van der Waals surface area contributed by atoms with E-state index >= 15 is 0 Å². The predicted octanol–water partition coefficient (Wildman–Crippen LogP) is 1.74. The van der Waals surface area contributed by atoms with Gasteiger partial charge in [0.05, 0.1) is 5.56 Å². The normalized spacial score (nSPS) is 9.95. The first-order valence-electron chi connectivity index (χ1n) is 5.51.